The second-order valence-electron chi connectivity index (χ2n) is 6.96. The molecule has 8 nitrogen and oxygen atoms in total. The van der Waals surface area contributed by atoms with Gasteiger partial charge in [0.1, 0.15) is 11.5 Å². The quantitative estimate of drug-likeness (QED) is 0.726. The Kier molecular flexibility index (Phi) is 5.31. The van der Waals surface area contributed by atoms with Crippen molar-refractivity contribution in [3.63, 3.8) is 0 Å². The molecule has 146 valence electrons. The number of nitrogens with one attached hydrogen (secondary N) is 1. The minimum atomic E-state index is -0.0790. The molecule has 0 radical (unpaired) electrons. The van der Waals surface area contributed by atoms with Crippen molar-refractivity contribution in [3.05, 3.63) is 36.5 Å². The van der Waals surface area contributed by atoms with Crippen LogP contribution in [0.4, 0.5) is 5.82 Å². The topological polar surface area (TPSA) is 93.4 Å². The van der Waals surface area contributed by atoms with Crippen LogP contribution in [0.2, 0.25) is 0 Å². The van der Waals surface area contributed by atoms with Crippen molar-refractivity contribution >= 4 is 22.6 Å². The van der Waals surface area contributed by atoms with Crippen LogP contribution < -0.4 is 5.32 Å². The maximum atomic E-state index is 12.4. The van der Waals surface area contributed by atoms with Gasteiger partial charge in [0, 0.05) is 44.8 Å². The van der Waals surface area contributed by atoms with Crippen LogP contribution in [0, 0.1) is 6.92 Å². The summed E-state index contributed by atoms with van der Waals surface area (Å²) in [6, 6.07) is 5.57. The van der Waals surface area contributed by atoms with Gasteiger partial charge in [0.25, 0.3) is 0 Å². The van der Waals surface area contributed by atoms with E-state index in [1.807, 2.05) is 12.1 Å². The molecule has 1 amide bonds. The monoisotopic (exact) mass is 381 g/mol. The van der Waals surface area contributed by atoms with Crippen molar-refractivity contribution in [1.29, 1.82) is 0 Å². The lowest BCUT2D eigenvalue weighted by molar-refractivity contribution is -0.117. The van der Waals surface area contributed by atoms with Crippen LogP contribution in [0.3, 0.4) is 0 Å². The Morgan fingerprint density at radius 2 is 2.11 bits per heavy atom. The number of piperidine rings is 1. The van der Waals surface area contributed by atoms with Crippen LogP contribution in [-0.4, -0.2) is 58.6 Å². The predicted octanol–water partition coefficient (Wildman–Crippen LogP) is 2.64. The average molecular weight is 381 g/mol. The number of likely N-dealkylation sites (tertiary alicyclic amines) is 1. The van der Waals surface area contributed by atoms with Crippen LogP contribution in [0.15, 0.2) is 35.0 Å². The van der Waals surface area contributed by atoms with Crippen LogP contribution in [0.5, 0.6) is 0 Å². The second-order valence-corrected chi connectivity index (χ2v) is 6.96. The van der Waals surface area contributed by atoms with Gasteiger partial charge in [-0.15, -0.1) is 0 Å². The zero-order valence-corrected chi connectivity index (χ0v) is 16.0. The lowest BCUT2D eigenvalue weighted by Gasteiger charge is -2.30. The second kappa shape index (κ2) is 8.04. The fraction of sp³-hybridized carbons (Fsp3) is 0.400. The summed E-state index contributed by atoms with van der Waals surface area (Å²) in [4.78, 5) is 27.6. The molecule has 0 spiro atoms. The Labute approximate surface area is 162 Å². The van der Waals surface area contributed by atoms with Crippen molar-refractivity contribution in [2.24, 2.45) is 0 Å². The van der Waals surface area contributed by atoms with Gasteiger partial charge in [0.05, 0.1) is 24.4 Å². The molecule has 3 aromatic heterocycles. The molecule has 1 saturated heterocycles. The SMILES string of the molecule is COC1CCN(CC(=O)Nc2cc3nc(-c4cnc(C)o4)ccc3cn2)CC1. The number of methoxy groups -OCH3 is 1. The van der Waals surface area contributed by atoms with E-state index in [-0.39, 0.29) is 5.91 Å². The zero-order chi connectivity index (χ0) is 19.5. The number of carbonyl (C=O) groups is 1. The van der Waals surface area contributed by atoms with Crippen molar-refractivity contribution in [3.8, 4) is 11.5 Å². The van der Waals surface area contributed by atoms with Crippen molar-refractivity contribution in [2.45, 2.75) is 25.9 Å². The van der Waals surface area contributed by atoms with Crippen molar-refractivity contribution in [1.82, 2.24) is 19.9 Å². The minimum Gasteiger partial charge on any atom is -0.439 e. The summed E-state index contributed by atoms with van der Waals surface area (Å²) in [5, 5.41) is 3.76. The first-order chi connectivity index (χ1) is 13.6. The summed E-state index contributed by atoms with van der Waals surface area (Å²) < 4.78 is 10.9. The number of anilines is 1. The van der Waals surface area contributed by atoms with Gasteiger partial charge >= 0.3 is 0 Å². The molecule has 1 aliphatic rings. The Morgan fingerprint density at radius 1 is 1.29 bits per heavy atom. The van der Waals surface area contributed by atoms with E-state index in [0.717, 1.165) is 36.8 Å². The van der Waals surface area contributed by atoms with Gasteiger partial charge in [-0.2, -0.15) is 0 Å². The number of rotatable bonds is 5. The maximum Gasteiger partial charge on any atom is 0.239 e. The molecule has 0 bridgehead atoms. The molecular formula is C20H23N5O3. The lowest BCUT2D eigenvalue weighted by atomic mass is 10.1. The Balaban J connectivity index is 1.44. The number of nitrogens with zero attached hydrogens (tertiary/aromatic N) is 4. The number of fused-ring (bicyclic) bond motifs is 1. The molecule has 1 N–H and O–H groups in total. The predicted molar refractivity (Wildman–Crippen MR) is 105 cm³/mol. The lowest BCUT2D eigenvalue weighted by Crippen LogP contribution is -2.41. The van der Waals surface area contributed by atoms with E-state index in [4.69, 9.17) is 9.15 Å². The average Bonchev–Trinajstić information content (AvgIpc) is 3.14. The minimum absolute atomic E-state index is 0.0790. The summed E-state index contributed by atoms with van der Waals surface area (Å²) in [7, 11) is 1.74. The third kappa shape index (κ3) is 4.18. The summed E-state index contributed by atoms with van der Waals surface area (Å²) in [6.45, 7) is 3.86. The maximum absolute atomic E-state index is 12.4. The third-order valence-electron chi connectivity index (χ3n) is 4.95. The smallest absolute Gasteiger partial charge is 0.239 e. The van der Waals surface area contributed by atoms with E-state index in [2.05, 4.69) is 25.2 Å². The molecule has 0 aliphatic carbocycles. The molecule has 0 aromatic carbocycles. The zero-order valence-electron chi connectivity index (χ0n) is 16.0. The molecule has 1 fully saturated rings. The van der Waals surface area contributed by atoms with Crippen molar-refractivity contribution < 1.29 is 13.9 Å². The number of oxazole rings is 1. The number of carbonyl (C=O) groups excluding carboxylic acids is 1. The molecule has 0 unspecified atom stereocenters. The van der Waals surface area contributed by atoms with Crippen LogP contribution in [-0.2, 0) is 9.53 Å². The first-order valence-corrected chi connectivity index (χ1v) is 9.35. The highest BCUT2D eigenvalue weighted by atomic mass is 16.5. The number of pyridine rings is 2. The Bertz CT molecular complexity index is 979. The number of hydrogen-bond donors (Lipinski definition) is 1. The van der Waals surface area contributed by atoms with E-state index in [9.17, 15) is 4.79 Å². The fourth-order valence-corrected chi connectivity index (χ4v) is 3.39. The molecule has 8 heteroatoms. The van der Waals surface area contributed by atoms with E-state index in [1.54, 1.807) is 32.5 Å². The summed E-state index contributed by atoms with van der Waals surface area (Å²) in [6.07, 6.45) is 5.56. The number of amides is 1. The van der Waals surface area contributed by atoms with Gasteiger partial charge in [-0.3, -0.25) is 9.69 Å². The summed E-state index contributed by atoms with van der Waals surface area (Å²) in [5.41, 5.74) is 1.43. The van der Waals surface area contributed by atoms with E-state index in [1.165, 1.54) is 0 Å². The molecular weight excluding hydrogens is 358 g/mol. The number of aryl methyl sites for hydroxylation is 1. The van der Waals surface area contributed by atoms with E-state index in [0.29, 0.717) is 35.8 Å². The number of aromatic nitrogens is 3. The molecule has 0 saturated carbocycles. The largest absolute Gasteiger partial charge is 0.439 e. The first kappa shape index (κ1) is 18.5. The van der Waals surface area contributed by atoms with Gasteiger partial charge in [0.2, 0.25) is 5.91 Å². The van der Waals surface area contributed by atoms with Crippen LogP contribution in [0.25, 0.3) is 22.4 Å². The Morgan fingerprint density at radius 3 is 2.82 bits per heavy atom. The summed E-state index contributed by atoms with van der Waals surface area (Å²) >= 11 is 0. The normalized spacial score (nSPS) is 15.8. The Hall–Kier alpha value is -2.84. The highest BCUT2D eigenvalue weighted by Gasteiger charge is 2.20. The first-order valence-electron chi connectivity index (χ1n) is 9.35. The molecule has 1 aliphatic heterocycles. The number of ether oxygens (including phenoxy) is 1. The van der Waals surface area contributed by atoms with Crippen molar-refractivity contribution in [2.75, 3.05) is 32.1 Å². The molecule has 28 heavy (non-hydrogen) atoms. The van der Waals surface area contributed by atoms with Gasteiger partial charge in [-0.1, -0.05) is 0 Å². The van der Waals surface area contributed by atoms with E-state index >= 15 is 0 Å². The summed E-state index contributed by atoms with van der Waals surface area (Å²) in [5.74, 6) is 1.61. The molecule has 0 atom stereocenters. The molecule has 4 heterocycles. The fourth-order valence-electron chi connectivity index (χ4n) is 3.39. The molecule has 3 aromatic rings. The number of hydrogen-bond acceptors (Lipinski definition) is 7. The molecule has 4 rings (SSSR count). The standard InChI is InChI=1S/C20H23N5O3/c1-13-21-11-18(28-13)16-4-3-14-10-22-19(9-17(14)23-16)24-20(26)12-25-7-5-15(27-2)6-8-25/h3-4,9-11,15H,5-8,12H2,1-2H3,(H,22,24,26). The highest BCUT2D eigenvalue weighted by Crippen LogP contribution is 2.22. The van der Waals surface area contributed by atoms with Gasteiger partial charge in [-0.25, -0.2) is 15.0 Å². The van der Waals surface area contributed by atoms with E-state index < -0.39 is 0 Å². The highest BCUT2D eigenvalue weighted by molar-refractivity contribution is 5.93. The van der Waals surface area contributed by atoms with Gasteiger partial charge in [-0.05, 0) is 25.0 Å². The van der Waals surface area contributed by atoms with Gasteiger partial charge < -0.3 is 14.5 Å². The van der Waals surface area contributed by atoms with Crippen LogP contribution in [0.1, 0.15) is 18.7 Å². The third-order valence-corrected chi connectivity index (χ3v) is 4.95. The van der Waals surface area contributed by atoms with Gasteiger partial charge in [0.15, 0.2) is 11.7 Å². The van der Waals surface area contributed by atoms with Crippen LogP contribution >= 0.6 is 0 Å².